The summed E-state index contributed by atoms with van der Waals surface area (Å²) in [5.74, 6) is 0.457. The van der Waals surface area contributed by atoms with Crippen molar-refractivity contribution < 1.29 is 9.53 Å². The Morgan fingerprint density at radius 2 is 1.92 bits per heavy atom. The van der Waals surface area contributed by atoms with Crippen molar-refractivity contribution in [3.05, 3.63) is 21.5 Å². The second-order valence-electron chi connectivity index (χ2n) is 4.20. The van der Waals surface area contributed by atoms with Crippen molar-refractivity contribution in [3.63, 3.8) is 0 Å². The largest absolute Gasteiger partial charge is 0.423 e. The number of ether oxygens (including phenoxy) is 1. The van der Waals surface area contributed by atoms with Crippen LogP contribution in [0.1, 0.15) is 6.92 Å². The molecule has 0 amide bonds. The van der Waals surface area contributed by atoms with Crippen LogP contribution in [0.15, 0.2) is 21.5 Å². The van der Waals surface area contributed by atoms with E-state index in [0.717, 1.165) is 11.3 Å². The van der Waals surface area contributed by atoms with E-state index in [9.17, 15) is 4.79 Å². The fourth-order valence-corrected chi connectivity index (χ4v) is 2.35. The molecule has 2 nitrogen and oxygen atoms in total. The van der Waals surface area contributed by atoms with Crippen molar-refractivity contribution in [1.29, 1.82) is 0 Å². The Balaban J connectivity index is 3.01. The third-order valence-electron chi connectivity index (χ3n) is 1.64. The van der Waals surface area contributed by atoms with Crippen molar-refractivity contribution in [3.8, 4) is 0 Å². The van der Waals surface area contributed by atoms with Crippen LogP contribution in [-0.4, -0.2) is 14.0 Å². The molecule has 1 aliphatic heterocycles. The highest BCUT2D eigenvalue weighted by atomic mass is 79.9. The minimum Gasteiger partial charge on any atom is -0.423 e. The third kappa shape index (κ3) is 2.54. The summed E-state index contributed by atoms with van der Waals surface area (Å²) in [6, 6.07) is 0. The van der Waals surface area contributed by atoms with E-state index in [1.165, 1.54) is 0 Å². The lowest BCUT2D eigenvalue weighted by Crippen LogP contribution is -2.17. The van der Waals surface area contributed by atoms with Crippen LogP contribution >= 0.6 is 15.9 Å². The summed E-state index contributed by atoms with van der Waals surface area (Å²) in [6.45, 7) is 8.50. The van der Waals surface area contributed by atoms with E-state index in [1.54, 1.807) is 0 Å². The van der Waals surface area contributed by atoms with Gasteiger partial charge in [0.05, 0.1) is 8.07 Å². The van der Waals surface area contributed by atoms with Crippen LogP contribution < -0.4 is 0 Å². The highest BCUT2D eigenvalue weighted by Crippen LogP contribution is 2.30. The molecule has 0 saturated heterocycles. The van der Waals surface area contributed by atoms with Crippen LogP contribution in [0.2, 0.25) is 19.6 Å². The summed E-state index contributed by atoms with van der Waals surface area (Å²) in [7, 11) is -1.32. The topological polar surface area (TPSA) is 26.3 Å². The second kappa shape index (κ2) is 3.42. The minimum atomic E-state index is -1.32. The van der Waals surface area contributed by atoms with Crippen LogP contribution in [0.5, 0.6) is 0 Å². The Morgan fingerprint density at radius 1 is 1.38 bits per heavy atom. The second-order valence-corrected chi connectivity index (χ2v) is 10.0. The first-order valence-corrected chi connectivity index (χ1v) is 8.50. The highest BCUT2D eigenvalue weighted by molar-refractivity contribution is 9.12. The number of cyclic esters (lactones) is 1. The van der Waals surface area contributed by atoms with Gasteiger partial charge >= 0.3 is 5.97 Å². The molecule has 0 N–H and O–H groups in total. The molecule has 1 aliphatic rings. The van der Waals surface area contributed by atoms with Gasteiger partial charge in [0, 0.05) is 5.57 Å². The fraction of sp³-hybridized carbons (Fsp3) is 0.444. The zero-order valence-electron chi connectivity index (χ0n) is 8.27. The van der Waals surface area contributed by atoms with E-state index in [4.69, 9.17) is 4.74 Å². The van der Waals surface area contributed by atoms with Crippen molar-refractivity contribution in [1.82, 2.24) is 0 Å². The highest BCUT2D eigenvalue weighted by Gasteiger charge is 2.26. The number of rotatable bonds is 1. The molecular formula is C9H13BrO2Si. The van der Waals surface area contributed by atoms with Gasteiger partial charge in [0.2, 0.25) is 0 Å². The number of carbonyl (C=O) groups excluding carboxylic acids is 1. The number of esters is 1. The smallest absolute Gasteiger partial charge is 0.351 e. The molecule has 0 unspecified atom stereocenters. The predicted octanol–water partition coefficient (Wildman–Crippen LogP) is 2.97. The Bertz CT molecular complexity index is 310. The maximum atomic E-state index is 11.1. The fourth-order valence-electron chi connectivity index (χ4n) is 1.01. The molecular weight excluding hydrogens is 248 g/mol. The molecule has 1 heterocycles. The van der Waals surface area contributed by atoms with Crippen LogP contribution in [0.3, 0.4) is 0 Å². The molecule has 0 bridgehead atoms. The molecule has 13 heavy (non-hydrogen) atoms. The third-order valence-corrected chi connectivity index (χ3v) is 3.69. The predicted molar refractivity (Wildman–Crippen MR) is 59.1 cm³/mol. The number of allylic oxidation sites excluding steroid dienone is 1. The first kappa shape index (κ1) is 10.7. The van der Waals surface area contributed by atoms with Gasteiger partial charge in [-0.25, -0.2) is 4.79 Å². The SMILES string of the molecule is CC1=C(Br)C(=O)OC1=C[Si](C)(C)C. The summed E-state index contributed by atoms with van der Waals surface area (Å²) in [6.07, 6.45) is 0. The lowest BCUT2D eigenvalue weighted by atomic mass is 10.3. The van der Waals surface area contributed by atoms with Gasteiger partial charge in [-0.3, -0.25) is 0 Å². The molecule has 4 heteroatoms. The van der Waals surface area contributed by atoms with Gasteiger partial charge in [0.25, 0.3) is 0 Å². The van der Waals surface area contributed by atoms with Crippen LogP contribution in [0.25, 0.3) is 0 Å². The zero-order chi connectivity index (χ0) is 10.2. The maximum absolute atomic E-state index is 11.1. The first-order valence-electron chi connectivity index (χ1n) is 4.13. The zero-order valence-corrected chi connectivity index (χ0v) is 10.9. The molecule has 0 atom stereocenters. The molecule has 0 radical (unpaired) electrons. The standard InChI is InChI=1S/C9H13BrO2Si/c1-6-7(5-13(2,3)4)12-9(11)8(6)10/h5H,1-4H3. The lowest BCUT2D eigenvalue weighted by molar-refractivity contribution is -0.132. The van der Waals surface area contributed by atoms with Gasteiger partial charge in [-0.1, -0.05) is 25.3 Å². The van der Waals surface area contributed by atoms with E-state index in [2.05, 4.69) is 41.3 Å². The van der Waals surface area contributed by atoms with E-state index in [1.807, 2.05) is 6.92 Å². The van der Waals surface area contributed by atoms with Gasteiger partial charge in [0.1, 0.15) is 10.2 Å². The molecule has 0 aromatic heterocycles. The molecule has 0 aromatic rings. The normalized spacial score (nSPS) is 21.3. The van der Waals surface area contributed by atoms with E-state index in [0.29, 0.717) is 4.48 Å². The van der Waals surface area contributed by atoms with E-state index >= 15 is 0 Å². The van der Waals surface area contributed by atoms with Gasteiger partial charge in [-0.05, 0) is 22.9 Å². The number of carbonyl (C=O) groups is 1. The van der Waals surface area contributed by atoms with Gasteiger partial charge < -0.3 is 4.74 Å². The summed E-state index contributed by atoms with van der Waals surface area (Å²) >= 11 is 3.20. The van der Waals surface area contributed by atoms with Crippen molar-refractivity contribution in [2.24, 2.45) is 0 Å². The van der Waals surface area contributed by atoms with E-state index < -0.39 is 8.07 Å². The molecule has 1 rings (SSSR count). The average Bonchev–Trinajstić information content (AvgIpc) is 2.15. The molecule has 72 valence electrons. The molecule has 0 spiro atoms. The molecule has 0 aromatic carbocycles. The maximum Gasteiger partial charge on any atom is 0.351 e. The van der Waals surface area contributed by atoms with Crippen LogP contribution in [0, 0.1) is 0 Å². The summed E-state index contributed by atoms with van der Waals surface area (Å²) in [5.41, 5.74) is 3.00. The summed E-state index contributed by atoms with van der Waals surface area (Å²) in [4.78, 5) is 11.1. The van der Waals surface area contributed by atoms with Crippen molar-refractivity contribution >= 4 is 30.0 Å². The van der Waals surface area contributed by atoms with Crippen LogP contribution in [-0.2, 0) is 9.53 Å². The van der Waals surface area contributed by atoms with Gasteiger partial charge in [-0.15, -0.1) is 0 Å². The van der Waals surface area contributed by atoms with Crippen molar-refractivity contribution in [2.45, 2.75) is 26.6 Å². The Kier molecular flexibility index (Phi) is 2.82. The minimum absolute atomic E-state index is 0.276. The van der Waals surface area contributed by atoms with Crippen molar-refractivity contribution in [2.75, 3.05) is 0 Å². The van der Waals surface area contributed by atoms with Crippen LogP contribution in [0.4, 0.5) is 0 Å². The molecule has 0 saturated carbocycles. The quantitative estimate of drug-likeness (QED) is 0.536. The average molecular weight is 261 g/mol. The number of hydrogen-bond donors (Lipinski definition) is 0. The molecule has 0 fully saturated rings. The Morgan fingerprint density at radius 3 is 2.23 bits per heavy atom. The van der Waals surface area contributed by atoms with E-state index in [-0.39, 0.29) is 5.97 Å². The van der Waals surface area contributed by atoms with Gasteiger partial charge in [0.15, 0.2) is 0 Å². The summed E-state index contributed by atoms with van der Waals surface area (Å²) in [5, 5.41) is 0. The first-order chi connectivity index (χ1) is 5.81. The Labute approximate surface area is 87.8 Å². The van der Waals surface area contributed by atoms with Gasteiger partial charge in [-0.2, -0.15) is 0 Å². The number of hydrogen-bond acceptors (Lipinski definition) is 2. The Hall–Kier alpha value is -0.353. The number of halogens is 1. The molecule has 0 aliphatic carbocycles. The lowest BCUT2D eigenvalue weighted by Gasteiger charge is -2.10. The summed E-state index contributed by atoms with van der Waals surface area (Å²) < 4.78 is 5.65. The monoisotopic (exact) mass is 260 g/mol.